The van der Waals surface area contributed by atoms with E-state index in [0.29, 0.717) is 18.9 Å². The van der Waals surface area contributed by atoms with E-state index in [1.807, 2.05) is 13.1 Å². The monoisotopic (exact) mass is 340 g/mol. The summed E-state index contributed by atoms with van der Waals surface area (Å²) in [6, 6.07) is 3.51. The van der Waals surface area contributed by atoms with Gasteiger partial charge >= 0.3 is 0 Å². The number of imidazole rings is 1. The molecular weight excluding hydrogens is 320 g/mol. The zero-order valence-corrected chi connectivity index (χ0v) is 14.1. The van der Waals surface area contributed by atoms with Crippen LogP contribution < -0.4 is 5.56 Å². The van der Waals surface area contributed by atoms with Crippen LogP contribution in [0.3, 0.4) is 0 Å². The lowest BCUT2D eigenvalue weighted by molar-refractivity contribution is 0.197. The average Bonchev–Trinajstić information content (AvgIpc) is 3.33. The van der Waals surface area contributed by atoms with E-state index in [-0.39, 0.29) is 11.6 Å². The first-order chi connectivity index (χ1) is 12.2. The fourth-order valence-corrected chi connectivity index (χ4v) is 3.26. The Balaban J connectivity index is 1.52. The van der Waals surface area contributed by atoms with Gasteiger partial charge in [-0.1, -0.05) is 0 Å². The fraction of sp³-hybridized carbons (Fsp3) is 0.412. The highest BCUT2D eigenvalue weighted by Gasteiger charge is 2.26. The third kappa shape index (κ3) is 3.39. The average molecular weight is 340 g/mol. The number of rotatable bonds is 5. The Hall–Kier alpha value is -2.74. The second-order valence-electron chi connectivity index (χ2n) is 6.31. The van der Waals surface area contributed by atoms with Crippen molar-refractivity contribution in [2.45, 2.75) is 38.9 Å². The first kappa shape index (κ1) is 15.8. The van der Waals surface area contributed by atoms with E-state index in [9.17, 15) is 4.79 Å². The number of nitrogens with zero attached hydrogens (tertiary/aromatic N) is 6. The SMILES string of the molecule is Cc1cnc(CN2CCCC2Cn2nc(-n3ccnc3)ccc2=O)o1. The molecule has 1 saturated heterocycles. The van der Waals surface area contributed by atoms with Gasteiger partial charge in [0.25, 0.3) is 5.56 Å². The van der Waals surface area contributed by atoms with Gasteiger partial charge in [0.05, 0.1) is 19.3 Å². The summed E-state index contributed by atoms with van der Waals surface area (Å²) in [5.41, 5.74) is -0.0947. The lowest BCUT2D eigenvalue weighted by Gasteiger charge is -2.23. The molecule has 130 valence electrons. The maximum absolute atomic E-state index is 12.2. The predicted octanol–water partition coefficient (Wildman–Crippen LogP) is 1.39. The normalized spacial score (nSPS) is 18.0. The van der Waals surface area contributed by atoms with E-state index in [1.165, 1.54) is 0 Å². The van der Waals surface area contributed by atoms with Crippen LogP contribution in [0.1, 0.15) is 24.5 Å². The van der Waals surface area contributed by atoms with E-state index in [1.54, 1.807) is 40.1 Å². The van der Waals surface area contributed by atoms with E-state index in [4.69, 9.17) is 4.42 Å². The van der Waals surface area contributed by atoms with Gasteiger partial charge in [-0.2, -0.15) is 5.10 Å². The van der Waals surface area contributed by atoms with Crippen molar-refractivity contribution in [1.29, 1.82) is 0 Å². The minimum atomic E-state index is -0.0947. The Bertz CT molecular complexity index is 898. The van der Waals surface area contributed by atoms with Gasteiger partial charge in [-0.15, -0.1) is 0 Å². The lowest BCUT2D eigenvalue weighted by Crippen LogP contribution is -2.37. The first-order valence-electron chi connectivity index (χ1n) is 8.41. The van der Waals surface area contributed by atoms with Gasteiger partial charge in [-0.05, 0) is 32.4 Å². The molecule has 1 aliphatic rings. The third-order valence-corrected chi connectivity index (χ3v) is 4.51. The summed E-state index contributed by atoms with van der Waals surface area (Å²) in [7, 11) is 0. The predicted molar refractivity (Wildman–Crippen MR) is 90.3 cm³/mol. The number of hydrogen-bond donors (Lipinski definition) is 0. The smallest absolute Gasteiger partial charge is 0.266 e. The molecule has 1 atom stereocenters. The second-order valence-corrected chi connectivity index (χ2v) is 6.31. The summed E-state index contributed by atoms with van der Waals surface area (Å²) in [5, 5.41) is 4.49. The number of hydrogen-bond acceptors (Lipinski definition) is 6. The molecule has 8 heteroatoms. The molecule has 4 rings (SSSR count). The molecule has 4 heterocycles. The summed E-state index contributed by atoms with van der Waals surface area (Å²) < 4.78 is 8.92. The van der Waals surface area contributed by atoms with E-state index < -0.39 is 0 Å². The van der Waals surface area contributed by atoms with Crippen molar-refractivity contribution in [3.05, 3.63) is 59.1 Å². The van der Waals surface area contributed by atoms with E-state index in [2.05, 4.69) is 20.0 Å². The maximum atomic E-state index is 12.2. The zero-order chi connectivity index (χ0) is 17.2. The highest BCUT2D eigenvalue weighted by molar-refractivity contribution is 5.19. The molecule has 25 heavy (non-hydrogen) atoms. The Labute approximate surface area is 144 Å². The quantitative estimate of drug-likeness (QED) is 0.698. The standard InChI is InChI=1S/C17H20N6O2/c1-13-9-19-16(25-13)11-21-7-2-3-14(21)10-23-17(24)5-4-15(20-23)22-8-6-18-12-22/h4-6,8-9,12,14H,2-3,7,10-11H2,1H3. The summed E-state index contributed by atoms with van der Waals surface area (Å²) in [4.78, 5) is 22.8. The van der Waals surface area contributed by atoms with Crippen molar-refractivity contribution in [3.63, 3.8) is 0 Å². The van der Waals surface area contributed by atoms with E-state index in [0.717, 1.165) is 31.0 Å². The molecular formula is C17H20N6O2. The largest absolute Gasteiger partial charge is 0.445 e. The van der Waals surface area contributed by atoms with Crippen molar-refractivity contribution < 1.29 is 4.42 Å². The molecule has 3 aromatic rings. The fourth-order valence-electron chi connectivity index (χ4n) is 3.26. The second kappa shape index (κ2) is 6.64. The summed E-state index contributed by atoms with van der Waals surface area (Å²) in [6.07, 6.45) is 9.03. The molecule has 0 N–H and O–H groups in total. The number of oxazole rings is 1. The maximum Gasteiger partial charge on any atom is 0.266 e. The van der Waals surface area contributed by atoms with Crippen molar-refractivity contribution >= 4 is 0 Å². The van der Waals surface area contributed by atoms with Gasteiger partial charge < -0.3 is 4.42 Å². The first-order valence-corrected chi connectivity index (χ1v) is 8.41. The van der Waals surface area contributed by atoms with Gasteiger partial charge in [0.2, 0.25) is 5.89 Å². The van der Waals surface area contributed by atoms with Crippen LogP contribution in [0, 0.1) is 6.92 Å². The lowest BCUT2D eigenvalue weighted by atomic mass is 10.2. The van der Waals surface area contributed by atoms with E-state index >= 15 is 0 Å². The van der Waals surface area contributed by atoms with Gasteiger partial charge in [0.1, 0.15) is 12.1 Å². The van der Waals surface area contributed by atoms with Gasteiger partial charge in [-0.25, -0.2) is 14.6 Å². The van der Waals surface area contributed by atoms with Crippen molar-refractivity contribution in [2.75, 3.05) is 6.54 Å². The molecule has 0 spiro atoms. The van der Waals surface area contributed by atoms with Crippen molar-refractivity contribution in [1.82, 2.24) is 29.2 Å². The highest BCUT2D eigenvalue weighted by Crippen LogP contribution is 2.21. The Kier molecular flexibility index (Phi) is 4.19. The third-order valence-electron chi connectivity index (χ3n) is 4.51. The Morgan fingerprint density at radius 1 is 1.36 bits per heavy atom. The van der Waals surface area contributed by atoms with Gasteiger partial charge in [0, 0.05) is 24.5 Å². The number of aryl methyl sites for hydroxylation is 1. The van der Waals surface area contributed by atoms with Crippen molar-refractivity contribution in [2.24, 2.45) is 0 Å². The molecule has 0 aliphatic carbocycles. The highest BCUT2D eigenvalue weighted by atomic mass is 16.4. The van der Waals surface area contributed by atoms with Gasteiger partial charge in [-0.3, -0.25) is 14.3 Å². The van der Waals surface area contributed by atoms with Crippen LogP contribution in [0.2, 0.25) is 0 Å². The van der Waals surface area contributed by atoms with Crippen LogP contribution in [0.4, 0.5) is 0 Å². The molecule has 0 aromatic carbocycles. The number of likely N-dealkylation sites (tertiary alicyclic amines) is 1. The summed E-state index contributed by atoms with van der Waals surface area (Å²) >= 11 is 0. The Morgan fingerprint density at radius 2 is 2.28 bits per heavy atom. The van der Waals surface area contributed by atoms with Crippen LogP contribution in [0.5, 0.6) is 0 Å². The summed E-state index contributed by atoms with van der Waals surface area (Å²) in [5.74, 6) is 2.22. The minimum Gasteiger partial charge on any atom is -0.445 e. The minimum absolute atomic E-state index is 0.0947. The topological polar surface area (TPSA) is 82.0 Å². The molecule has 0 saturated carbocycles. The Morgan fingerprint density at radius 3 is 3.04 bits per heavy atom. The molecule has 1 aliphatic heterocycles. The molecule has 0 bridgehead atoms. The zero-order valence-electron chi connectivity index (χ0n) is 14.1. The molecule has 1 unspecified atom stereocenters. The van der Waals surface area contributed by atoms with Crippen LogP contribution in [0.15, 0.2) is 46.3 Å². The van der Waals surface area contributed by atoms with Crippen LogP contribution in [0.25, 0.3) is 5.82 Å². The number of aromatic nitrogens is 5. The van der Waals surface area contributed by atoms with Crippen molar-refractivity contribution in [3.8, 4) is 5.82 Å². The molecule has 3 aromatic heterocycles. The van der Waals surface area contributed by atoms with Crippen LogP contribution >= 0.6 is 0 Å². The molecule has 0 amide bonds. The van der Waals surface area contributed by atoms with Crippen LogP contribution in [-0.4, -0.2) is 41.8 Å². The van der Waals surface area contributed by atoms with Gasteiger partial charge in [0.15, 0.2) is 5.82 Å². The van der Waals surface area contributed by atoms with Crippen LogP contribution in [-0.2, 0) is 13.1 Å². The molecule has 0 radical (unpaired) electrons. The summed E-state index contributed by atoms with van der Waals surface area (Å²) in [6.45, 7) is 4.08. The molecule has 1 fully saturated rings. The molecule has 8 nitrogen and oxygen atoms in total.